The summed E-state index contributed by atoms with van der Waals surface area (Å²) in [4.78, 5) is 46.0. The largest absolute Gasteiger partial charge is 0.497 e. The Morgan fingerprint density at radius 2 is 1.80 bits per heavy atom. The van der Waals surface area contributed by atoms with Gasteiger partial charge in [-0.1, -0.05) is 18.2 Å². The molecule has 12 heteroatoms. The number of hydrogen-bond donors (Lipinski definition) is 2. The Hall–Kier alpha value is -5.52. The van der Waals surface area contributed by atoms with Crippen molar-refractivity contribution in [2.45, 2.75) is 32.0 Å². The number of aryl methyl sites for hydroxylation is 1. The maximum Gasteiger partial charge on any atom is 0.258 e. The van der Waals surface area contributed by atoms with E-state index in [1.54, 1.807) is 42.2 Å². The van der Waals surface area contributed by atoms with E-state index in [2.05, 4.69) is 15.6 Å². The van der Waals surface area contributed by atoms with Crippen molar-refractivity contribution in [2.24, 2.45) is 0 Å². The van der Waals surface area contributed by atoms with Crippen LogP contribution in [0.4, 0.5) is 0 Å². The minimum absolute atomic E-state index is 0.0282. The zero-order chi connectivity index (χ0) is 32.2. The van der Waals surface area contributed by atoms with Crippen molar-refractivity contribution in [2.75, 3.05) is 33.9 Å². The van der Waals surface area contributed by atoms with Crippen molar-refractivity contribution in [1.29, 1.82) is 0 Å². The Labute approximate surface area is 265 Å². The van der Waals surface area contributed by atoms with Gasteiger partial charge in [0.25, 0.3) is 11.8 Å². The van der Waals surface area contributed by atoms with Gasteiger partial charge in [-0.05, 0) is 43.3 Å². The summed E-state index contributed by atoms with van der Waals surface area (Å²) in [7, 11) is 3.01. The number of carbonyl (C=O) groups excluding carboxylic acids is 3. The van der Waals surface area contributed by atoms with E-state index >= 15 is 0 Å². The van der Waals surface area contributed by atoms with Crippen molar-refractivity contribution in [3.05, 3.63) is 89.3 Å². The fourth-order valence-electron chi connectivity index (χ4n) is 5.46. The number of carbonyl (C=O) groups is 3. The Morgan fingerprint density at radius 3 is 2.59 bits per heavy atom. The lowest BCUT2D eigenvalue weighted by Gasteiger charge is -2.22. The maximum absolute atomic E-state index is 13.6. The number of nitrogens with one attached hydrogen (secondary N) is 2. The molecular formula is C34H34N4O8. The molecule has 3 aliphatic rings. The van der Waals surface area contributed by atoms with Gasteiger partial charge in [-0.25, -0.2) is 4.98 Å². The third-order valence-corrected chi connectivity index (χ3v) is 7.94. The second kappa shape index (κ2) is 13.2. The molecule has 4 bridgehead atoms. The second-order valence-electron chi connectivity index (χ2n) is 11.0. The van der Waals surface area contributed by atoms with E-state index in [4.69, 9.17) is 23.4 Å². The summed E-state index contributed by atoms with van der Waals surface area (Å²) in [5.41, 5.74) is 2.37. The van der Waals surface area contributed by atoms with Crippen LogP contribution in [-0.2, 0) is 22.6 Å². The first-order valence-corrected chi connectivity index (χ1v) is 14.8. The van der Waals surface area contributed by atoms with Gasteiger partial charge < -0.3 is 38.9 Å². The van der Waals surface area contributed by atoms with Crippen molar-refractivity contribution < 1.29 is 37.7 Å². The van der Waals surface area contributed by atoms with Crippen molar-refractivity contribution >= 4 is 17.7 Å². The highest BCUT2D eigenvalue weighted by atomic mass is 16.5. The predicted octanol–water partition coefficient (Wildman–Crippen LogP) is 3.31. The molecule has 0 radical (unpaired) electrons. The molecular weight excluding hydrogens is 592 g/mol. The Bertz CT molecular complexity index is 1760. The average Bonchev–Trinajstić information content (AvgIpc) is 3.65. The third-order valence-electron chi connectivity index (χ3n) is 7.94. The van der Waals surface area contributed by atoms with Crippen LogP contribution in [0, 0.1) is 6.92 Å². The normalized spacial score (nSPS) is 18.0. The highest BCUT2D eigenvalue weighted by molar-refractivity contribution is 5.95. The van der Waals surface area contributed by atoms with E-state index in [0.717, 1.165) is 11.1 Å². The molecule has 3 aliphatic heterocycles. The SMILES string of the molecule is COc1cc2cc(c1)C(=O)N[C@H]1CN(C(=O)Cc3nc(-c4ccccc4)oc3C)C[C@@H]1Oc1ccc(c(OC)c1)CNC(=O)CO2. The molecule has 1 fully saturated rings. The molecule has 12 nitrogen and oxygen atoms in total. The number of hydrogen-bond acceptors (Lipinski definition) is 9. The Kier molecular flexibility index (Phi) is 8.77. The second-order valence-corrected chi connectivity index (χ2v) is 11.0. The third kappa shape index (κ3) is 6.75. The predicted molar refractivity (Wildman–Crippen MR) is 166 cm³/mol. The monoisotopic (exact) mass is 626 g/mol. The van der Waals surface area contributed by atoms with Crippen molar-refractivity contribution in [1.82, 2.24) is 20.5 Å². The number of ether oxygens (including phenoxy) is 4. The van der Waals surface area contributed by atoms with Crippen LogP contribution >= 0.6 is 0 Å². The molecule has 3 amide bonds. The number of nitrogens with zero attached hydrogens (tertiary/aromatic N) is 2. The summed E-state index contributed by atoms with van der Waals surface area (Å²) in [5.74, 6) is 1.75. The number of oxazole rings is 1. The van der Waals surface area contributed by atoms with E-state index in [1.807, 2.05) is 30.3 Å². The molecule has 0 aliphatic carbocycles. The van der Waals surface area contributed by atoms with Gasteiger partial charge in [0.15, 0.2) is 6.61 Å². The average molecular weight is 627 g/mol. The Morgan fingerprint density at radius 1 is 0.978 bits per heavy atom. The zero-order valence-corrected chi connectivity index (χ0v) is 25.7. The molecule has 4 heterocycles. The smallest absolute Gasteiger partial charge is 0.258 e. The summed E-state index contributed by atoms with van der Waals surface area (Å²) in [6.45, 7) is 2.15. The van der Waals surface area contributed by atoms with E-state index < -0.39 is 18.1 Å². The minimum Gasteiger partial charge on any atom is -0.497 e. The number of rotatable bonds is 5. The highest BCUT2D eigenvalue weighted by Crippen LogP contribution is 2.29. The number of methoxy groups -OCH3 is 2. The van der Waals surface area contributed by atoms with Crippen LogP contribution in [0.15, 0.2) is 71.1 Å². The summed E-state index contributed by atoms with van der Waals surface area (Å²) in [6, 6.07) is 18.9. The van der Waals surface area contributed by atoms with Crippen LogP contribution in [-0.4, -0.2) is 73.7 Å². The van der Waals surface area contributed by atoms with Crippen LogP contribution in [0.5, 0.6) is 23.0 Å². The van der Waals surface area contributed by atoms with Crippen LogP contribution in [0.25, 0.3) is 11.5 Å². The van der Waals surface area contributed by atoms with Crippen molar-refractivity contribution in [3.63, 3.8) is 0 Å². The molecule has 7 rings (SSSR count). The maximum atomic E-state index is 13.6. The molecule has 2 N–H and O–H groups in total. The summed E-state index contributed by atoms with van der Waals surface area (Å²) < 4.78 is 28.9. The molecule has 0 saturated carbocycles. The summed E-state index contributed by atoms with van der Waals surface area (Å²) in [5, 5.41) is 5.85. The molecule has 4 aromatic rings. The van der Waals surface area contributed by atoms with Gasteiger partial charge in [-0.15, -0.1) is 0 Å². The lowest BCUT2D eigenvalue weighted by atomic mass is 10.1. The molecule has 0 spiro atoms. The van der Waals surface area contributed by atoms with Gasteiger partial charge in [-0.2, -0.15) is 0 Å². The standard InChI is InChI=1S/C34H34N4O8/c1-20-27(37-34(45-20)21-7-5-4-6-8-21)15-32(40)38-17-28-30(18-38)46-24-10-9-22(29(14-24)43-3)16-35-31(39)19-44-26-12-23(33(41)36-28)11-25(13-26)42-2/h4-14,28,30H,15-19H2,1-3H3,(H,35,39)(H,36,41)/t28-,30-/m0/s1. The van der Waals surface area contributed by atoms with E-state index in [9.17, 15) is 14.4 Å². The summed E-state index contributed by atoms with van der Waals surface area (Å²) >= 11 is 0. The lowest BCUT2D eigenvalue weighted by Crippen LogP contribution is -2.45. The van der Waals surface area contributed by atoms with E-state index in [-0.39, 0.29) is 50.0 Å². The number of benzene rings is 3. The molecule has 1 aromatic heterocycles. The van der Waals surface area contributed by atoms with Gasteiger partial charge in [0.05, 0.1) is 38.9 Å². The van der Waals surface area contributed by atoms with Crippen LogP contribution in [0.1, 0.15) is 27.4 Å². The number of likely N-dealkylation sites (tertiary alicyclic amines) is 1. The number of fused-ring (bicyclic) bond motifs is 7. The van der Waals surface area contributed by atoms with Crippen LogP contribution < -0.4 is 29.6 Å². The Balaban J connectivity index is 1.27. The highest BCUT2D eigenvalue weighted by Gasteiger charge is 2.38. The van der Waals surface area contributed by atoms with Gasteiger partial charge in [0.2, 0.25) is 11.8 Å². The number of amides is 3. The van der Waals surface area contributed by atoms with Crippen LogP contribution in [0.3, 0.4) is 0 Å². The topological polar surface area (TPSA) is 141 Å². The summed E-state index contributed by atoms with van der Waals surface area (Å²) in [6.07, 6.45) is -0.557. The van der Waals surface area contributed by atoms with E-state index in [1.165, 1.54) is 20.3 Å². The molecule has 238 valence electrons. The van der Waals surface area contributed by atoms with Gasteiger partial charge in [0, 0.05) is 41.9 Å². The van der Waals surface area contributed by atoms with E-state index in [0.29, 0.717) is 40.3 Å². The quantitative estimate of drug-likeness (QED) is 0.341. The van der Waals surface area contributed by atoms with Gasteiger partial charge in [0.1, 0.15) is 34.9 Å². The van der Waals surface area contributed by atoms with Crippen molar-refractivity contribution in [3.8, 4) is 34.5 Å². The molecule has 46 heavy (non-hydrogen) atoms. The fraction of sp³-hybridized carbons (Fsp3) is 0.294. The fourth-order valence-corrected chi connectivity index (χ4v) is 5.46. The molecule has 0 unspecified atom stereocenters. The van der Waals surface area contributed by atoms with Gasteiger partial charge >= 0.3 is 0 Å². The van der Waals surface area contributed by atoms with Crippen LogP contribution in [0.2, 0.25) is 0 Å². The zero-order valence-electron chi connectivity index (χ0n) is 25.7. The molecule has 1 saturated heterocycles. The molecule has 3 aromatic carbocycles. The first-order valence-electron chi connectivity index (χ1n) is 14.8. The van der Waals surface area contributed by atoms with Gasteiger partial charge in [-0.3, -0.25) is 14.4 Å². The minimum atomic E-state index is -0.585. The first-order chi connectivity index (χ1) is 22.3. The first kappa shape index (κ1) is 30.5. The number of aromatic nitrogens is 1. The molecule has 2 atom stereocenters. The lowest BCUT2D eigenvalue weighted by molar-refractivity contribution is -0.129.